The predicted octanol–water partition coefficient (Wildman–Crippen LogP) is 4.81. The van der Waals surface area contributed by atoms with Crippen LogP contribution in [0, 0.1) is 5.92 Å². The summed E-state index contributed by atoms with van der Waals surface area (Å²) in [5.74, 6) is -1.86. The fourth-order valence-electron chi connectivity index (χ4n) is 3.18. The molecule has 0 fully saturated rings. The average molecular weight is 504 g/mol. The topological polar surface area (TPSA) is 84.2 Å². The molecular weight excluding hydrogens is 478 g/mol. The first-order valence-electron chi connectivity index (χ1n) is 10.3. The molecular formula is C23H26Cl2F3N3O2. The lowest BCUT2D eigenvalue weighted by Gasteiger charge is -2.27. The third-order valence-corrected chi connectivity index (χ3v) is 5.78. The highest BCUT2D eigenvalue weighted by Crippen LogP contribution is 2.26. The van der Waals surface area contributed by atoms with E-state index in [0.29, 0.717) is 21.2 Å². The maximum Gasteiger partial charge on any atom is 0.391 e. The zero-order valence-electron chi connectivity index (χ0n) is 18.1. The zero-order valence-corrected chi connectivity index (χ0v) is 19.6. The van der Waals surface area contributed by atoms with E-state index in [4.69, 9.17) is 28.9 Å². The Morgan fingerprint density at radius 1 is 0.970 bits per heavy atom. The fraction of sp³-hybridized carbons (Fsp3) is 0.391. The Balaban J connectivity index is 2.18. The lowest BCUT2D eigenvalue weighted by Crippen LogP contribution is -2.50. The second-order valence-corrected chi connectivity index (χ2v) is 8.90. The summed E-state index contributed by atoms with van der Waals surface area (Å²) in [6.45, 7) is 3.17. The highest BCUT2D eigenvalue weighted by Gasteiger charge is 2.35. The van der Waals surface area contributed by atoms with Gasteiger partial charge in [-0.25, -0.2) is 0 Å². The standard InChI is InChI=1S/C23H26Cl2F3N3O2/c1-13(2)19(12-23(26,27)28)30-22(33)20(15-6-4-3-5-7-15)31-21(32)18(29)11-14-8-9-16(24)17(25)10-14/h3-10,13,18-20H,11-12,29H2,1-2H3,(H,30,33)(H,31,32)/t18?,19-,20?/m1/s1. The summed E-state index contributed by atoms with van der Waals surface area (Å²) in [7, 11) is 0. The van der Waals surface area contributed by atoms with Crippen molar-refractivity contribution >= 4 is 35.0 Å². The maximum absolute atomic E-state index is 13.0. The number of alkyl halides is 3. The van der Waals surface area contributed by atoms with Crippen molar-refractivity contribution in [2.24, 2.45) is 11.7 Å². The first kappa shape index (κ1) is 27.0. The van der Waals surface area contributed by atoms with Gasteiger partial charge in [0.25, 0.3) is 0 Å². The van der Waals surface area contributed by atoms with Crippen molar-refractivity contribution in [3.63, 3.8) is 0 Å². The van der Waals surface area contributed by atoms with Crippen LogP contribution in [0.25, 0.3) is 0 Å². The molecule has 2 amide bonds. The summed E-state index contributed by atoms with van der Waals surface area (Å²) in [6.07, 6.45) is -5.51. The van der Waals surface area contributed by atoms with Gasteiger partial charge in [-0.3, -0.25) is 9.59 Å². The van der Waals surface area contributed by atoms with Crippen LogP contribution < -0.4 is 16.4 Å². The summed E-state index contributed by atoms with van der Waals surface area (Å²) in [5.41, 5.74) is 7.11. The largest absolute Gasteiger partial charge is 0.391 e. The number of amides is 2. The molecule has 0 saturated carbocycles. The van der Waals surface area contributed by atoms with E-state index in [9.17, 15) is 22.8 Å². The lowest BCUT2D eigenvalue weighted by atomic mass is 9.98. The van der Waals surface area contributed by atoms with Gasteiger partial charge in [-0.05, 0) is 35.6 Å². The smallest absolute Gasteiger partial charge is 0.351 e. The molecule has 0 aliphatic carbocycles. The van der Waals surface area contributed by atoms with E-state index >= 15 is 0 Å². The van der Waals surface area contributed by atoms with Crippen molar-refractivity contribution in [3.05, 3.63) is 69.7 Å². The van der Waals surface area contributed by atoms with Crippen LogP contribution in [-0.2, 0) is 16.0 Å². The van der Waals surface area contributed by atoms with Crippen LogP contribution in [0.1, 0.15) is 37.4 Å². The van der Waals surface area contributed by atoms with Gasteiger partial charge in [-0.15, -0.1) is 0 Å². The number of nitrogens with one attached hydrogen (secondary N) is 2. The molecule has 33 heavy (non-hydrogen) atoms. The van der Waals surface area contributed by atoms with Gasteiger partial charge in [0.15, 0.2) is 0 Å². The molecule has 0 bridgehead atoms. The molecule has 0 spiro atoms. The minimum absolute atomic E-state index is 0.120. The third-order valence-electron chi connectivity index (χ3n) is 5.04. The van der Waals surface area contributed by atoms with Gasteiger partial charge in [0.2, 0.25) is 11.8 Å². The number of carbonyl (C=O) groups excluding carboxylic acids is 2. The highest BCUT2D eigenvalue weighted by molar-refractivity contribution is 6.42. The van der Waals surface area contributed by atoms with Crippen LogP contribution in [0.5, 0.6) is 0 Å². The highest BCUT2D eigenvalue weighted by atomic mass is 35.5. The molecule has 3 atom stereocenters. The van der Waals surface area contributed by atoms with Crippen LogP contribution in [0.3, 0.4) is 0 Å². The molecule has 5 nitrogen and oxygen atoms in total. The van der Waals surface area contributed by atoms with Crippen LogP contribution in [0.4, 0.5) is 13.2 Å². The van der Waals surface area contributed by atoms with Crippen LogP contribution in [-0.4, -0.2) is 30.1 Å². The minimum atomic E-state index is -4.45. The van der Waals surface area contributed by atoms with Gasteiger partial charge in [-0.2, -0.15) is 13.2 Å². The van der Waals surface area contributed by atoms with E-state index in [1.807, 2.05) is 0 Å². The number of hydrogen-bond acceptors (Lipinski definition) is 3. The molecule has 2 rings (SSSR count). The van der Waals surface area contributed by atoms with Gasteiger partial charge in [0.05, 0.1) is 22.5 Å². The van der Waals surface area contributed by atoms with Gasteiger partial charge in [0.1, 0.15) is 6.04 Å². The first-order valence-corrected chi connectivity index (χ1v) is 11.0. The second kappa shape index (κ2) is 11.7. The van der Waals surface area contributed by atoms with Gasteiger partial charge in [-0.1, -0.05) is 73.4 Å². The van der Waals surface area contributed by atoms with E-state index in [-0.39, 0.29) is 6.42 Å². The van der Waals surface area contributed by atoms with Gasteiger partial charge >= 0.3 is 6.18 Å². The van der Waals surface area contributed by atoms with Crippen molar-refractivity contribution in [1.82, 2.24) is 10.6 Å². The monoisotopic (exact) mass is 503 g/mol. The van der Waals surface area contributed by atoms with Crippen LogP contribution >= 0.6 is 23.2 Å². The summed E-state index contributed by atoms with van der Waals surface area (Å²) in [4.78, 5) is 25.8. The molecule has 2 aromatic rings. The lowest BCUT2D eigenvalue weighted by molar-refractivity contribution is -0.145. The van der Waals surface area contributed by atoms with E-state index in [1.54, 1.807) is 62.4 Å². The Morgan fingerprint density at radius 2 is 1.61 bits per heavy atom. The SMILES string of the molecule is CC(C)[C@@H](CC(F)(F)F)NC(=O)C(NC(=O)C(N)Cc1ccc(Cl)c(Cl)c1)c1ccccc1. The van der Waals surface area contributed by atoms with Crippen LogP contribution in [0.15, 0.2) is 48.5 Å². The number of nitrogens with two attached hydrogens (primary N) is 1. The Hall–Kier alpha value is -2.29. The van der Waals surface area contributed by atoms with Crippen molar-refractivity contribution < 1.29 is 22.8 Å². The summed E-state index contributed by atoms with van der Waals surface area (Å²) in [6, 6.07) is 9.69. The quantitative estimate of drug-likeness (QED) is 0.458. The molecule has 0 aromatic heterocycles. The van der Waals surface area contributed by atoms with Crippen molar-refractivity contribution in [3.8, 4) is 0 Å². The molecule has 2 unspecified atom stereocenters. The Bertz CT molecular complexity index is 956. The number of benzene rings is 2. The number of halogens is 5. The molecule has 0 saturated heterocycles. The summed E-state index contributed by atoms with van der Waals surface area (Å²) >= 11 is 11.9. The maximum atomic E-state index is 13.0. The average Bonchev–Trinajstić information content (AvgIpc) is 2.73. The number of rotatable bonds is 9. The first-order chi connectivity index (χ1) is 15.4. The zero-order chi connectivity index (χ0) is 24.8. The normalized spacial score (nSPS) is 14.5. The van der Waals surface area contributed by atoms with E-state index < -0.39 is 48.5 Å². The molecule has 0 radical (unpaired) electrons. The van der Waals surface area contributed by atoms with Crippen molar-refractivity contribution in [1.29, 1.82) is 0 Å². The molecule has 0 heterocycles. The Labute approximate surface area is 200 Å². The molecule has 10 heteroatoms. The summed E-state index contributed by atoms with van der Waals surface area (Å²) < 4.78 is 38.9. The Morgan fingerprint density at radius 3 is 2.15 bits per heavy atom. The van der Waals surface area contributed by atoms with E-state index in [1.165, 1.54) is 0 Å². The van der Waals surface area contributed by atoms with Gasteiger partial charge < -0.3 is 16.4 Å². The van der Waals surface area contributed by atoms with Crippen LogP contribution in [0.2, 0.25) is 10.0 Å². The van der Waals surface area contributed by atoms with Crippen molar-refractivity contribution in [2.75, 3.05) is 0 Å². The van der Waals surface area contributed by atoms with E-state index in [2.05, 4.69) is 10.6 Å². The van der Waals surface area contributed by atoms with Crippen molar-refractivity contribution in [2.45, 2.75) is 51.0 Å². The summed E-state index contributed by atoms with van der Waals surface area (Å²) in [5, 5.41) is 5.67. The molecule has 0 aliphatic heterocycles. The minimum Gasteiger partial charge on any atom is -0.351 e. The third kappa shape index (κ3) is 8.53. The van der Waals surface area contributed by atoms with Gasteiger partial charge in [0, 0.05) is 6.04 Å². The molecule has 0 aliphatic rings. The molecule has 4 N–H and O–H groups in total. The number of hydrogen-bond donors (Lipinski definition) is 3. The fourth-order valence-corrected chi connectivity index (χ4v) is 3.50. The Kier molecular flexibility index (Phi) is 9.57. The number of carbonyl (C=O) groups is 2. The van der Waals surface area contributed by atoms with E-state index in [0.717, 1.165) is 0 Å². The molecule has 2 aromatic carbocycles. The molecule has 180 valence electrons. The predicted molar refractivity (Wildman–Crippen MR) is 123 cm³/mol. The second-order valence-electron chi connectivity index (χ2n) is 8.09.